The van der Waals surface area contributed by atoms with E-state index >= 15 is 0 Å². The Morgan fingerprint density at radius 2 is 1.91 bits per heavy atom. The standard InChI is InChI=1S/C17H20Cl2N2O2/c18-14-7-5-12(11-15(14)19)6-8-16(22)20-10-9-17(23)21-13-3-1-2-4-13/h5-8,11,13H,1-4,9-10H2,(H,20,22)(H,21,23)/b8-6+. The summed E-state index contributed by atoms with van der Waals surface area (Å²) < 4.78 is 0. The van der Waals surface area contributed by atoms with Gasteiger partial charge >= 0.3 is 0 Å². The topological polar surface area (TPSA) is 58.2 Å². The van der Waals surface area contributed by atoms with E-state index in [-0.39, 0.29) is 11.8 Å². The second kappa shape index (κ2) is 8.94. The van der Waals surface area contributed by atoms with E-state index in [2.05, 4.69) is 10.6 Å². The molecule has 1 fully saturated rings. The highest BCUT2D eigenvalue weighted by atomic mass is 35.5. The largest absolute Gasteiger partial charge is 0.353 e. The van der Waals surface area contributed by atoms with Gasteiger partial charge in [-0.05, 0) is 36.6 Å². The van der Waals surface area contributed by atoms with Crippen LogP contribution in [0.1, 0.15) is 37.7 Å². The Morgan fingerprint density at radius 1 is 1.17 bits per heavy atom. The third kappa shape index (κ3) is 6.24. The highest BCUT2D eigenvalue weighted by Gasteiger charge is 2.16. The number of carbonyl (C=O) groups is 2. The van der Waals surface area contributed by atoms with Crippen LogP contribution in [0, 0.1) is 0 Å². The quantitative estimate of drug-likeness (QED) is 0.767. The van der Waals surface area contributed by atoms with Crippen LogP contribution in [0.3, 0.4) is 0 Å². The van der Waals surface area contributed by atoms with Crippen molar-refractivity contribution in [1.29, 1.82) is 0 Å². The van der Waals surface area contributed by atoms with Crippen LogP contribution in [0.2, 0.25) is 10.0 Å². The predicted molar refractivity (Wildman–Crippen MR) is 93.5 cm³/mol. The van der Waals surface area contributed by atoms with Crippen LogP contribution < -0.4 is 10.6 Å². The number of hydrogen-bond donors (Lipinski definition) is 2. The lowest BCUT2D eigenvalue weighted by Crippen LogP contribution is -2.35. The first-order valence-electron chi connectivity index (χ1n) is 7.75. The van der Waals surface area contributed by atoms with Gasteiger partial charge in [0, 0.05) is 25.1 Å². The number of benzene rings is 1. The van der Waals surface area contributed by atoms with Crippen molar-refractivity contribution in [3.63, 3.8) is 0 Å². The van der Waals surface area contributed by atoms with Crippen LogP contribution in [0.4, 0.5) is 0 Å². The molecule has 2 N–H and O–H groups in total. The monoisotopic (exact) mass is 354 g/mol. The van der Waals surface area contributed by atoms with Gasteiger partial charge < -0.3 is 10.6 Å². The van der Waals surface area contributed by atoms with Gasteiger partial charge in [0.25, 0.3) is 0 Å². The molecule has 0 heterocycles. The van der Waals surface area contributed by atoms with Gasteiger partial charge in [-0.1, -0.05) is 42.1 Å². The summed E-state index contributed by atoms with van der Waals surface area (Å²) >= 11 is 11.7. The lowest BCUT2D eigenvalue weighted by molar-refractivity contribution is -0.121. The Morgan fingerprint density at radius 3 is 2.61 bits per heavy atom. The van der Waals surface area contributed by atoms with Gasteiger partial charge in [0.2, 0.25) is 11.8 Å². The Kier molecular flexibility index (Phi) is 6.93. The normalized spacial score (nSPS) is 15.0. The van der Waals surface area contributed by atoms with Gasteiger partial charge in [-0.3, -0.25) is 9.59 Å². The first-order valence-corrected chi connectivity index (χ1v) is 8.50. The summed E-state index contributed by atoms with van der Waals surface area (Å²) in [7, 11) is 0. The summed E-state index contributed by atoms with van der Waals surface area (Å²) in [5, 5.41) is 6.59. The molecule has 1 aliphatic rings. The third-order valence-electron chi connectivity index (χ3n) is 3.74. The second-order valence-electron chi connectivity index (χ2n) is 5.60. The molecule has 0 atom stereocenters. The van der Waals surface area contributed by atoms with Crippen LogP contribution in [0.5, 0.6) is 0 Å². The fourth-order valence-electron chi connectivity index (χ4n) is 2.52. The van der Waals surface area contributed by atoms with E-state index in [0.29, 0.717) is 29.1 Å². The highest BCUT2D eigenvalue weighted by Crippen LogP contribution is 2.23. The van der Waals surface area contributed by atoms with Gasteiger partial charge in [-0.2, -0.15) is 0 Å². The molecule has 2 rings (SSSR count). The molecule has 2 amide bonds. The van der Waals surface area contributed by atoms with Crippen molar-refractivity contribution < 1.29 is 9.59 Å². The van der Waals surface area contributed by atoms with Crippen molar-refractivity contribution in [2.75, 3.05) is 6.54 Å². The van der Waals surface area contributed by atoms with E-state index in [9.17, 15) is 9.59 Å². The summed E-state index contributed by atoms with van der Waals surface area (Å²) in [5.74, 6) is -0.254. The van der Waals surface area contributed by atoms with Crippen molar-refractivity contribution in [1.82, 2.24) is 10.6 Å². The molecule has 0 radical (unpaired) electrons. The van der Waals surface area contributed by atoms with E-state index in [0.717, 1.165) is 18.4 Å². The van der Waals surface area contributed by atoms with Crippen LogP contribution >= 0.6 is 23.2 Å². The van der Waals surface area contributed by atoms with Gasteiger partial charge in [0.15, 0.2) is 0 Å². The van der Waals surface area contributed by atoms with Crippen molar-refractivity contribution >= 4 is 41.1 Å². The summed E-state index contributed by atoms with van der Waals surface area (Å²) in [6, 6.07) is 5.44. The number of hydrogen-bond acceptors (Lipinski definition) is 2. The number of amides is 2. The zero-order valence-corrected chi connectivity index (χ0v) is 14.3. The van der Waals surface area contributed by atoms with Crippen LogP contribution in [-0.4, -0.2) is 24.4 Å². The van der Waals surface area contributed by atoms with Gasteiger partial charge in [0.05, 0.1) is 10.0 Å². The molecule has 6 heteroatoms. The van der Waals surface area contributed by atoms with Crippen LogP contribution in [0.15, 0.2) is 24.3 Å². The van der Waals surface area contributed by atoms with Crippen molar-refractivity contribution in [3.05, 3.63) is 39.9 Å². The molecule has 124 valence electrons. The van der Waals surface area contributed by atoms with E-state index in [1.807, 2.05) is 0 Å². The van der Waals surface area contributed by atoms with Crippen LogP contribution in [0.25, 0.3) is 6.08 Å². The first-order chi connectivity index (χ1) is 11.0. The maximum absolute atomic E-state index is 11.7. The summed E-state index contributed by atoms with van der Waals surface area (Å²) in [6.07, 6.45) is 7.84. The molecule has 0 spiro atoms. The average molecular weight is 355 g/mol. The van der Waals surface area contributed by atoms with Crippen LogP contribution in [-0.2, 0) is 9.59 Å². The first kappa shape index (κ1) is 17.8. The minimum absolute atomic E-state index is 0.00865. The Labute approximate surface area is 146 Å². The number of halogens is 2. The molecule has 0 aromatic heterocycles. The van der Waals surface area contributed by atoms with E-state index in [1.165, 1.54) is 18.9 Å². The van der Waals surface area contributed by atoms with Crippen molar-refractivity contribution in [2.24, 2.45) is 0 Å². The van der Waals surface area contributed by atoms with Gasteiger partial charge in [-0.25, -0.2) is 0 Å². The van der Waals surface area contributed by atoms with Crippen molar-refractivity contribution in [3.8, 4) is 0 Å². The SMILES string of the molecule is O=C(/C=C/c1ccc(Cl)c(Cl)c1)NCCC(=O)NC1CCCC1. The summed E-state index contributed by atoms with van der Waals surface area (Å²) in [5.41, 5.74) is 0.786. The molecule has 0 bridgehead atoms. The smallest absolute Gasteiger partial charge is 0.244 e. The van der Waals surface area contributed by atoms with E-state index in [4.69, 9.17) is 23.2 Å². The molecule has 1 aliphatic carbocycles. The molecule has 4 nitrogen and oxygen atoms in total. The molecule has 23 heavy (non-hydrogen) atoms. The number of rotatable bonds is 6. The Bertz CT molecular complexity index is 596. The molecule has 0 saturated heterocycles. The lowest BCUT2D eigenvalue weighted by Gasteiger charge is -2.11. The van der Waals surface area contributed by atoms with E-state index < -0.39 is 0 Å². The Balaban J connectivity index is 1.68. The van der Waals surface area contributed by atoms with E-state index in [1.54, 1.807) is 24.3 Å². The van der Waals surface area contributed by atoms with Gasteiger partial charge in [0.1, 0.15) is 0 Å². The lowest BCUT2D eigenvalue weighted by atomic mass is 10.2. The fraction of sp³-hybridized carbons (Fsp3) is 0.412. The molecule has 1 aromatic carbocycles. The molecule has 0 aliphatic heterocycles. The molecular weight excluding hydrogens is 335 g/mol. The fourth-order valence-corrected chi connectivity index (χ4v) is 2.82. The minimum Gasteiger partial charge on any atom is -0.353 e. The molecular formula is C17H20Cl2N2O2. The van der Waals surface area contributed by atoms with Crippen molar-refractivity contribution in [2.45, 2.75) is 38.1 Å². The Hall–Kier alpha value is -1.52. The third-order valence-corrected chi connectivity index (χ3v) is 4.48. The summed E-state index contributed by atoms with van der Waals surface area (Å²) in [6.45, 7) is 0.323. The zero-order valence-electron chi connectivity index (χ0n) is 12.8. The highest BCUT2D eigenvalue weighted by molar-refractivity contribution is 6.42. The minimum atomic E-state index is -0.246. The van der Waals surface area contributed by atoms with Gasteiger partial charge in [-0.15, -0.1) is 0 Å². The number of carbonyl (C=O) groups excluding carboxylic acids is 2. The summed E-state index contributed by atoms with van der Waals surface area (Å²) in [4.78, 5) is 23.4. The number of nitrogens with one attached hydrogen (secondary N) is 2. The molecule has 1 saturated carbocycles. The zero-order chi connectivity index (χ0) is 16.7. The molecule has 1 aromatic rings. The average Bonchev–Trinajstić information content (AvgIpc) is 3.01. The maximum atomic E-state index is 11.7. The second-order valence-corrected chi connectivity index (χ2v) is 6.41. The predicted octanol–water partition coefficient (Wildman–Crippen LogP) is 3.57. The maximum Gasteiger partial charge on any atom is 0.244 e. The molecule has 0 unspecified atom stereocenters.